The third-order valence-electron chi connectivity index (χ3n) is 1.97. The molecule has 0 aliphatic rings. The first-order valence-electron chi connectivity index (χ1n) is 4.22. The molecule has 68 valence electrons. The van der Waals surface area contributed by atoms with E-state index in [4.69, 9.17) is 0 Å². The highest BCUT2D eigenvalue weighted by atomic mass is 127. The summed E-state index contributed by atoms with van der Waals surface area (Å²) >= 11 is 4.18. The standard InChI is InChI=1S/C10H10INS/c1-7-12-10-8(5-6-11)3-2-4-9(10)13-7/h2-4H,5-6H2,1H3. The number of benzene rings is 1. The van der Waals surface area contributed by atoms with Gasteiger partial charge in [0.25, 0.3) is 0 Å². The number of aryl methyl sites for hydroxylation is 2. The lowest BCUT2D eigenvalue weighted by Gasteiger charge is -1.97. The fraction of sp³-hybridized carbons (Fsp3) is 0.300. The van der Waals surface area contributed by atoms with Crippen LogP contribution in [0.15, 0.2) is 18.2 Å². The van der Waals surface area contributed by atoms with Crippen LogP contribution in [0, 0.1) is 6.92 Å². The van der Waals surface area contributed by atoms with E-state index in [1.807, 2.05) is 0 Å². The van der Waals surface area contributed by atoms with E-state index in [9.17, 15) is 0 Å². The maximum absolute atomic E-state index is 4.55. The zero-order valence-electron chi connectivity index (χ0n) is 7.38. The van der Waals surface area contributed by atoms with Gasteiger partial charge in [-0.3, -0.25) is 0 Å². The van der Waals surface area contributed by atoms with Crippen molar-refractivity contribution in [1.82, 2.24) is 4.98 Å². The molecule has 2 rings (SSSR count). The van der Waals surface area contributed by atoms with E-state index in [-0.39, 0.29) is 0 Å². The molecule has 0 spiro atoms. The predicted molar refractivity (Wildman–Crippen MR) is 66.9 cm³/mol. The fourth-order valence-electron chi connectivity index (χ4n) is 1.42. The summed E-state index contributed by atoms with van der Waals surface area (Å²) in [6.07, 6.45) is 1.13. The highest BCUT2D eigenvalue weighted by molar-refractivity contribution is 14.1. The molecule has 0 fully saturated rings. The first-order valence-corrected chi connectivity index (χ1v) is 6.56. The molecule has 0 N–H and O–H groups in total. The highest BCUT2D eigenvalue weighted by Crippen LogP contribution is 2.24. The normalized spacial score (nSPS) is 10.9. The third-order valence-corrected chi connectivity index (χ3v) is 3.45. The minimum Gasteiger partial charge on any atom is -0.241 e. The maximum Gasteiger partial charge on any atom is 0.0907 e. The van der Waals surface area contributed by atoms with Crippen LogP contribution in [0.4, 0.5) is 0 Å². The summed E-state index contributed by atoms with van der Waals surface area (Å²) in [7, 11) is 0. The summed E-state index contributed by atoms with van der Waals surface area (Å²) < 4.78 is 2.48. The first kappa shape index (κ1) is 9.40. The Morgan fingerprint density at radius 1 is 1.46 bits per heavy atom. The summed E-state index contributed by atoms with van der Waals surface area (Å²) in [5, 5.41) is 1.16. The Labute approximate surface area is 95.3 Å². The maximum atomic E-state index is 4.55. The van der Waals surface area contributed by atoms with E-state index in [1.165, 1.54) is 15.8 Å². The predicted octanol–water partition coefficient (Wildman–Crippen LogP) is 3.58. The van der Waals surface area contributed by atoms with Crippen molar-refractivity contribution in [2.24, 2.45) is 0 Å². The van der Waals surface area contributed by atoms with Crippen LogP contribution in [0.3, 0.4) is 0 Å². The van der Waals surface area contributed by atoms with Crippen LogP contribution in [0.5, 0.6) is 0 Å². The Hall–Kier alpha value is -0.160. The van der Waals surface area contributed by atoms with Gasteiger partial charge in [-0.25, -0.2) is 4.98 Å². The molecule has 1 nitrogen and oxygen atoms in total. The molecule has 0 aliphatic carbocycles. The Balaban J connectivity index is 2.60. The molecule has 1 heterocycles. The van der Waals surface area contributed by atoms with E-state index >= 15 is 0 Å². The molecule has 1 aromatic heterocycles. The van der Waals surface area contributed by atoms with Gasteiger partial charge in [-0.2, -0.15) is 0 Å². The highest BCUT2D eigenvalue weighted by Gasteiger charge is 2.04. The van der Waals surface area contributed by atoms with Crippen molar-refractivity contribution in [2.45, 2.75) is 13.3 Å². The van der Waals surface area contributed by atoms with E-state index in [1.54, 1.807) is 11.3 Å². The van der Waals surface area contributed by atoms with Crippen molar-refractivity contribution in [3.63, 3.8) is 0 Å². The smallest absolute Gasteiger partial charge is 0.0907 e. The molecule has 0 aliphatic heterocycles. The van der Waals surface area contributed by atoms with Crippen molar-refractivity contribution < 1.29 is 0 Å². The van der Waals surface area contributed by atoms with Gasteiger partial charge in [-0.05, 0) is 25.0 Å². The lowest BCUT2D eigenvalue weighted by Crippen LogP contribution is -1.86. The Morgan fingerprint density at radius 3 is 3.08 bits per heavy atom. The van der Waals surface area contributed by atoms with Crippen molar-refractivity contribution in [3.8, 4) is 0 Å². The molecule has 0 amide bonds. The van der Waals surface area contributed by atoms with E-state index in [0.717, 1.165) is 15.9 Å². The molecule has 0 bridgehead atoms. The molecule has 0 saturated carbocycles. The number of halogens is 1. The summed E-state index contributed by atoms with van der Waals surface area (Å²) in [6, 6.07) is 6.46. The monoisotopic (exact) mass is 303 g/mol. The molecule has 13 heavy (non-hydrogen) atoms. The number of aromatic nitrogens is 1. The quantitative estimate of drug-likeness (QED) is 0.610. The van der Waals surface area contributed by atoms with Crippen LogP contribution in [0.25, 0.3) is 10.2 Å². The summed E-state index contributed by atoms with van der Waals surface area (Å²) in [5.74, 6) is 0. The summed E-state index contributed by atoms with van der Waals surface area (Å²) in [6.45, 7) is 2.07. The molecule has 0 radical (unpaired) electrons. The van der Waals surface area contributed by atoms with Gasteiger partial charge in [0.1, 0.15) is 0 Å². The largest absolute Gasteiger partial charge is 0.241 e. The zero-order valence-corrected chi connectivity index (χ0v) is 10.4. The number of fused-ring (bicyclic) bond motifs is 1. The van der Waals surface area contributed by atoms with Crippen LogP contribution in [0.1, 0.15) is 10.6 Å². The molecular weight excluding hydrogens is 293 g/mol. The second-order valence-corrected chi connectivity index (χ2v) is 5.25. The van der Waals surface area contributed by atoms with Crippen LogP contribution in [0.2, 0.25) is 0 Å². The van der Waals surface area contributed by atoms with Gasteiger partial charge >= 0.3 is 0 Å². The summed E-state index contributed by atoms with van der Waals surface area (Å²) in [4.78, 5) is 4.55. The lowest BCUT2D eigenvalue weighted by atomic mass is 10.1. The minimum atomic E-state index is 1.13. The van der Waals surface area contributed by atoms with E-state index in [2.05, 4.69) is 52.7 Å². The molecule has 1 aromatic carbocycles. The van der Waals surface area contributed by atoms with Crippen LogP contribution < -0.4 is 0 Å². The van der Waals surface area contributed by atoms with E-state index in [0.29, 0.717) is 0 Å². The zero-order chi connectivity index (χ0) is 9.26. The average molecular weight is 303 g/mol. The minimum absolute atomic E-state index is 1.13. The van der Waals surface area contributed by atoms with Gasteiger partial charge in [-0.1, -0.05) is 34.7 Å². The fourth-order valence-corrected chi connectivity index (χ4v) is 2.88. The summed E-state index contributed by atoms with van der Waals surface area (Å²) in [5.41, 5.74) is 2.60. The lowest BCUT2D eigenvalue weighted by molar-refractivity contribution is 1.18. The number of alkyl halides is 1. The second-order valence-electron chi connectivity index (χ2n) is 2.94. The molecule has 0 unspecified atom stereocenters. The van der Waals surface area contributed by atoms with Crippen LogP contribution in [-0.4, -0.2) is 9.41 Å². The number of para-hydroxylation sites is 1. The Kier molecular flexibility index (Phi) is 2.83. The van der Waals surface area contributed by atoms with Gasteiger partial charge in [0.15, 0.2) is 0 Å². The van der Waals surface area contributed by atoms with Gasteiger partial charge in [-0.15, -0.1) is 11.3 Å². The third kappa shape index (κ3) is 1.86. The molecule has 0 saturated heterocycles. The first-order chi connectivity index (χ1) is 6.31. The van der Waals surface area contributed by atoms with Crippen molar-refractivity contribution >= 4 is 44.1 Å². The number of nitrogens with zero attached hydrogens (tertiary/aromatic N) is 1. The molecule has 3 heteroatoms. The Morgan fingerprint density at radius 2 is 2.31 bits per heavy atom. The molecule has 0 atom stereocenters. The Bertz CT molecular complexity index is 422. The van der Waals surface area contributed by atoms with Crippen molar-refractivity contribution in [1.29, 1.82) is 0 Å². The van der Waals surface area contributed by atoms with Crippen LogP contribution in [-0.2, 0) is 6.42 Å². The van der Waals surface area contributed by atoms with Gasteiger partial charge < -0.3 is 0 Å². The van der Waals surface area contributed by atoms with Gasteiger partial charge in [0.2, 0.25) is 0 Å². The molecule has 2 aromatic rings. The van der Waals surface area contributed by atoms with Crippen LogP contribution >= 0.6 is 33.9 Å². The number of rotatable bonds is 2. The van der Waals surface area contributed by atoms with Gasteiger partial charge in [0, 0.05) is 4.43 Å². The molecular formula is C10H10INS. The number of hydrogen-bond donors (Lipinski definition) is 0. The number of hydrogen-bond acceptors (Lipinski definition) is 2. The SMILES string of the molecule is Cc1nc2c(CCI)cccc2s1. The second kappa shape index (κ2) is 3.92. The van der Waals surface area contributed by atoms with Crippen molar-refractivity contribution in [2.75, 3.05) is 4.43 Å². The van der Waals surface area contributed by atoms with Crippen molar-refractivity contribution in [3.05, 3.63) is 28.8 Å². The number of thiazole rings is 1. The van der Waals surface area contributed by atoms with E-state index < -0.39 is 0 Å². The van der Waals surface area contributed by atoms with Gasteiger partial charge in [0.05, 0.1) is 15.2 Å². The topological polar surface area (TPSA) is 12.9 Å². The average Bonchev–Trinajstić information content (AvgIpc) is 2.47.